The van der Waals surface area contributed by atoms with Crippen LogP contribution in [0.4, 0.5) is 0 Å². The van der Waals surface area contributed by atoms with E-state index in [1.807, 2.05) is 99.6 Å². The number of fused-ring (bicyclic) bond motifs is 4. The molecule has 0 aliphatic heterocycles. The van der Waals surface area contributed by atoms with Crippen LogP contribution in [0.25, 0.3) is 94.2 Å². The van der Waals surface area contributed by atoms with Gasteiger partial charge in [0.15, 0.2) is 0 Å². The van der Waals surface area contributed by atoms with Crippen molar-refractivity contribution in [3.63, 3.8) is 0 Å². The van der Waals surface area contributed by atoms with Crippen molar-refractivity contribution in [1.82, 2.24) is 19.9 Å². The van der Waals surface area contributed by atoms with E-state index in [2.05, 4.69) is 284 Å². The molecule has 4 heterocycles. The summed E-state index contributed by atoms with van der Waals surface area (Å²) in [6.07, 6.45) is 5.45. The molecule has 4 radical (unpaired) electrons. The predicted octanol–water partition coefficient (Wildman–Crippen LogP) is 27.5. The molecule has 662 valence electrons. The van der Waals surface area contributed by atoms with Crippen molar-refractivity contribution in [2.75, 3.05) is 0 Å². The van der Waals surface area contributed by atoms with E-state index in [0.717, 1.165) is 121 Å². The van der Waals surface area contributed by atoms with E-state index in [4.69, 9.17) is 19.9 Å². The zero-order chi connectivity index (χ0) is 87.8. The Kier molecular flexibility index (Phi) is 45.5. The summed E-state index contributed by atoms with van der Waals surface area (Å²) in [5.41, 5.74) is 28.6. The summed E-state index contributed by atoms with van der Waals surface area (Å²) in [6.45, 7) is 50.2. The van der Waals surface area contributed by atoms with E-state index < -0.39 is 18.3 Å². The van der Waals surface area contributed by atoms with E-state index in [0.29, 0.717) is 11.5 Å². The first-order chi connectivity index (χ1) is 56.2. The number of aliphatic hydroxyl groups excluding tert-OH is 6. The van der Waals surface area contributed by atoms with Crippen LogP contribution in [0.1, 0.15) is 190 Å². The normalized spacial score (nSPS) is 12.2. The molecule has 123 heavy (non-hydrogen) atoms. The van der Waals surface area contributed by atoms with Gasteiger partial charge in [-0.15, -0.1) is 140 Å². The van der Waals surface area contributed by atoms with Gasteiger partial charge >= 0.3 is 0 Å². The molecule has 4 aromatic heterocycles. The predicted molar refractivity (Wildman–Crippen MR) is 504 cm³/mol. The van der Waals surface area contributed by atoms with Gasteiger partial charge in [0, 0.05) is 119 Å². The number of allylic oxidation sites excluding steroid dienone is 3. The summed E-state index contributed by atoms with van der Waals surface area (Å²) >= 11 is 0. The first kappa shape index (κ1) is 109. The van der Waals surface area contributed by atoms with Gasteiger partial charge in [-0.05, 0) is 144 Å². The van der Waals surface area contributed by atoms with Crippen molar-refractivity contribution >= 4 is 49.2 Å². The number of pyridine rings is 4. The molecule has 0 saturated heterocycles. The summed E-state index contributed by atoms with van der Waals surface area (Å²) < 4.78 is 0. The van der Waals surface area contributed by atoms with Crippen LogP contribution >= 0.6 is 0 Å². The molecule has 10 nitrogen and oxygen atoms in total. The minimum Gasteiger partial charge on any atom is -0.512 e. The van der Waals surface area contributed by atoms with Crippen molar-refractivity contribution in [2.24, 2.45) is 28.6 Å². The Hall–Kier alpha value is -8.28. The fourth-order valence-corrected chi connectivity index (χ4v) is 13.7. The molecular weight excluding hydrogens is 2230 g/mol. The molecule has 3 atom stereocenters. The van der Waals surface area contributed by atoms with Crippen LogP contribution in [0.15, 0.2) is 230 Å². The third-order valence-electron chi connectivity index (χ3n) is 20.2. The molecule has 9 aromatic carbocycles. The maximum atomic E-state index is 9.68. The van der Waals surface area contributed by atoms with Crippen molar-refractivity contribution in [3.05, 3.63) is 326 Å². The Bertz CT molecular complexity index is 5220. The maximum absolute atomic E-state index is 9.68. The third-order valence-corrected chi connectivity index (χ3v) is 20.2. The van der Waals surface area contributed by atoms with Crippen LogP contribution in [0.2, 0.25) is 0 Å². The average Bonchev–Trinajstić information content (AvgIpc) is 0.814. The van der Waals surface area contributed by atoms with Crippen molar-refractivity contribution in [1.29, 1.82) is 0 Å². The third kappa shape index (κ3) is 33.5. The van der Waals surface area contributed by atoms with Gasteiger partial charge in [0.2, 0.25) is 0 Å². The first-order valence-electron chi connectivity index (χ1n) is 42.1. The van der Waals surface area contributed by atoms with Crippen LogP contribution < -0.4 is 0 Å². The minimum atomic E-state index is -0.646. The first-order valence-corrected chi connectivity index (χ1v) is 42.1. The van der Waals surface area contributed by atoms with Gasteiger partial charge in [0.1, 0.15) is 0 Å². The molecule has 0 fully saturated rings. The van der Waals surface area contributed by atoms with E-state index >= 15 is 0 Å². The standard InChI is InChI=1S/C21H22N.3C19H18N.C11H14O2.C11H22O2.C9H18O2.4Ir/c1-14(2)10-17-6-5-7-21-19(17)8-9-20(22-21)18-12-15(3)11-16(4)13-18;3*1-4-15-6-5-7-19-17(15)8-9-18(20-19)16-11-13(2)10-14(3)12-16;1-8(12)11(9(2)13)10-6-4-3-5-7-10;1-10(2,3)8(12)7-9(13)11(4,5)6;1-6(2)8(10)5-9(11)7(3)4;;;;/h5-9,11-12,14H,10H2,1-4H3;3*5-11H,4H2,1-3H3;3-8,12-13H,1-2H3;7-8,12-13H,1-6H3;5-8,10-11H,1-4H3;;;;/q4*-1;;;;;;;. The Labute approximate surface area is 790 Å². The molecule has 13 aromatic rings. The molecule has 6 N–H and O–H groups in total. The van der Waals surface area contributed by atoms with Gasteiger partial charge in [-0.3, -0.25) is 19.9 Å². The van der Waals surface area contributed by atoms with Crippen molar-refractivity contribution in [3.8, 4) is 45.0 Å². The molecule has 0 spiro atoms. The Morgan fingerprint density at radius 3 is 0.927 bits per heavy atom. The summed E-state index contributed by atoms with van der Waals surface area (Å²) in [4.78, 5) is 19.3. The SMILES string of the molecule is CC(C)(C)C(O)=CC(O)C(C)(C)C.CC(C)C(O)=CC(O)C(C)C.CC(O)=C(c1ccccc1)C(C)O.CCc1cccc2nc(-c3[c-]c(C)cc(C)c3)ccc12.CCc1cccc2nc(-c3[c-]c(C)cc(C)c3)ccc12.CCc1cccc2nc(-c3[c-]c(C)cc(C)c3)ccc12.Cc1[c-]c(-c2ccc3c(CC(C)C)cccc3n2)cc(C)c1.[Ir].[Ir].[Ir].[Ir]. The molecular formula is C109H130Ir4N4O6-4. The van der Waals surface area contributed by atoms with Gasteiger partial charge in [-0.25, -0.2) is 0 Å². The van der Waals surface area contributed by atoms with E-state index in [-0.39, 0.29) is 120 Å². The second kappa shape index (κ2) is 51.4. The molecule has 0 saturated carbocycles. The van der Waals surface area contributed by atoms with Gasteiger partial charge in [0.25, 0.3) is 0 Å². The summed E-state index contributed by atoms with van der Waals surface area (Å²) in [7, 11) is 0. The number of hydrogen-bond acceptors (Lipinski definition) is 10. The molecule has 0 aliphatic carbocycles. The van der Waals surface area contributed by atoms with Crippen LogP contribution in [-0.2, 0) is 106 Å². The van der Waals surface area contributed by atoms with Gasteiger partial charge < -0.3 is 30.6 Å². The Morgan fingerprint density at radius 1 is 0.382 bits per heavy atom. The maximum Gasteiger partial charge on any atom is 0.0961 e. The van der Waals surface area contributed by atoms with Crippen molar-refractivity contribution in [2.45, 2.75) is 217 Å². The van der Waals surface area contributed by atoms with Crippen molar-refractivity contribution < 1.29 is 111 Å². The second-order valence-electron chi connectivity index (χ2n) is 34.5. The number of rotatable bonds is 15. The molecule has 14 heteroatoms. The van der Waals surface area contributed by atoms with E-state index in [1.54, 1.807) is 13.8 Å². The van der Waals surface area contributed by atoms with Crippen LogP contribution in [0.3, 0.4) is 0 Å². The molecule has 13 rings (SSSR count). The monoisotopic (exact) mass is 2360 g/mol. The Morgan fingerprint density at radius 2 is 0.683 bits per heavy atom. The Balaban J connectivity index is 0.000000373. The topological polar surface area (TPSA) is 173 Å². The average molecular weight is 2360 g/mol. The second-order valence-corrected chi connectivity index (χ2v) is 34.5. The van der Waals surface area contributed by atoms with Crippen LogP contribution in [0.5, 0.6) is 0 Å². The van der Waals surface area contributed by atoms with Gasteiger partial charge in [-0.1, -0.05) is 287 Å². The number of aliphatic hydroxyl groups is 6. The summed E-state index contributed by atoms with van der Waals surface area (Å²) in [5, 5.41) is 61.7. The zero-order valence-electron chi connectivity index (χ0n) is 76.8. The smallest absolute Gasteiger partial charge is 0.0961 e. The van der Waals surface area contributed by atoms with Crippen LogP contribution in [0, 0.1) is 108 Å². The number of hydrogen-bond donors (Lipinski definition) is 6. The van der Waals surface area contributed by atoms with E-state index in [1.165, 1.54) is 78.2 Å². The zero-order valence-corrected chi connectivity index (χ0v) is 86.4. The van der Waals surface area contributed by atoms with Crippen LogP contribution in [-0.4, -0.2) is 68.9 Å². The minimum absolute atomic E-state index is 0. The van der Waals surface area contributed by atoms with Gasteiger partial charge in [-0.2, -0.15) is 0 Å². The molecule has 0 amide bonds. The quantitative estimate of drug-likeness (QED) is 0.0428. The van der Waals surface area contributed by atoms with Gasteiger partial charge in [0.05, 0.1) is 57.7 Å². The summed E-state index contributed by atoms with van der Waals surface area (Å²) in [6, 6.07) is 82.8. The fourth-order valence-electron chi connectivity index (χ4n) is 13.7. The van der Waals surface area contributed by atoms with E-state index in [9.17, 15) is 30.6 Å². The number of aryl methyl sites for hydroxylation is 11. The summed E-state index contributed by atoms with van der Waals surface area (Å²) in [5.74, 6) is 1.60. The number of aromatic nitrogens is 4. The number of nitrogens with zero attached hydrogens (tertiary/aromatic N) is 4. The fraction of sp³-hybridized carbons (Fsp3) is 0.339. The number of benzene rings is 9. The molecule has 0 aliphatic rings. The largest absolute Gasteiger partial charge is 0.512 e. The molecule has 3 unspecified atom stereocenters. The molecule has 0 bridgehead atoms.